The van der Waals surface area contributed by atoms with E-state index in [1.54, 1.807) is 26.0 Å². The molecule has 1 atom stereocenters. The summed E-state index contributed by atoms with van der Waals surface area (Å²) in [5.41, 5.74) is 0.874. The quantitative estimate of drug-likeness (QED) is 0.554. The molecule has 0 aliphatic heterocycles. The summed E-state index contributed by atoms with van der Waals surface area (Å²) in [5, 5.41) is 1.13. The van der Waals surface area contributed by atoms with Crippen molar-refractivity contribution in [2.24, 2.45) is 0 Å². The lowest BCUT2D eigenvalue weighted by Gasteiger charge is -2.15. The summed E-state index contributed by atoms with van der Waals surface area (Å²) in [6.45, 7) is 5.66. The minimum atomic E-state index is -0.810. The number of halogens is 1. The van der Waals surface area contributed by atoms with Crippen molar-refractivity contribution < 1.29 is 18.7 Å². The predicted molar refractivity (Wildman–Crippen MR) is 92.8 cm³/mol. The van der Waals surface area contributed by atoms with E-state index in [2.05, 4.69) is 6.92 Å². The Morgan fingerprint density at radius 2 is 2.04 bits per heavy atom. The van der Waals surface area contributed by atoms with Crippen LogP contribution < -0.4 is 10.4 Å². The average molecular weight is 353 g/mol. The first-order valence-electron chi connectivity index (χ1n) is 8.05. The van der Waals surface area contributed by atoms with Gasteiger partial charge in [-0.2, -0.15) is 0 Å². The second-order valence-corrected chi connectivity index (χ2v) is 5.89. The van der Waals surface area contributed by atoms with Crippen LogP contribution in [0.5, 0.6) is 5.75 Å². The van der Waals surface area contributed by atoms with Crippen molar-refractivity contribution >= 4 is 28.5 Å². The van der Waals surface area contributed by atoms with E-state index in [-0.39, 0.29) is 12.4 Å². The second kappa shape index (κ2) is 8.20. The van der Waals surface area contributed by atoms with E-state index in [9.17, 15) is 9.59 Å². The van der Waals surface area contributed by atoms with E-state index in [0.29, 0.717) is 10.6 Å². The van der Waals surface area contributed by atoms with Gasteiger partial charge in [0, 0.05) is 17.5 Å². The van der Waals surface area contributed by atoms with Crippen LogP contribution in [0.4, 0.5) is 0 Å². The van der Waals surface area contributed by atoms with Crippen molar-refractivity contribution in [2.45, 2.75) is 46.1 Å². The highest BCUT2D eigenvalue weighted by atomic mass is 35.5. The number of hydrogen-bond acceptors (Lipinski definition) is 5. The maximum atomic E-state index is 11.8. The molecule has 0 saturated carbocycles. The fourth-order valence-electron chi connectivity index (χ4n) is 2.39. The molecule has 1 aromatic heterocycles. The summed E-state index contributed by atoms with van der Waals surface area (Å²) in [6, 6.07) is 4.75. The SMILES string of the molecule is CCCCc1cc(=O)oc2cc(O[C@H](C)C(=O)OCC)c(Cl)cc12. The highest BCUT2D eigenvalue weighted by Gasteiger charge is 2.18. The van der Waals surface area contributed by atoms with Crippen LogP contribution in [0.2, 0.25) is 5.02 Å². The van der Waals surface area contributed by atoms with Gasteiger partial charge < -0.3 is 13.9 Å². The standard InChI is InChI=1S/C18H21ClO5/c1-4-6-7-12-8-17(20)24-15-10-16(14(19)9-13(12)15)23-11(3)18(21)22-5-2/h8-11H,4-7H2,1-3H3/t11-/m1/s1. The fraction of sp³-hybridized carbons (Fsp3) is 0.444. The molecular weight excluding hydrogens is 332 g/mol. The molecule has 0 radical (unpaired) electrons. The Morgan fingerprint density at radius 1 is 1.29 bits per heavy atom. The number of carbonyl (C=O) groups excluding carboxylic acids is 1. The summed E-state index contributed by atoms with van der Waals surface area (Å²) in [7, 11) is 0. The molecule has 0 spiro atoms. The Hall–Kier alpha value is -2.01. The van der Waals surface area contributed by atoms with Gasteiger partial charge in [-0.3, -0.25) is 0 Å². The Morgan fingerprint density at radius 3 is 2.71 bits per heavy atom. The Bertz CT molecular complexity index is 781. The summed E-state index contributed by atoms with van der Waals surface area (Å²) >= 11 is 6.28. The number of rotatable bonds is 7. The first kappa shape index (κ1) is 18.3. The molecule has 5 nitrogen and oxygen atoms in total. The molecule has 2 rings (SSSR count). The first-order valence-corrected chi connectivity index (χ1v) is 8.43. The highest BCUT2D eigenvalue weighted by molar-refractivity contribution is 6.32. The Balaban J connectivity index is 2.38. The number of benzene rings is 1. The lowest BCUT2D eigenvalue weighted by molar-refractivity contribution is -0.150. The van der Waals surface area contributed by atoms with Crippen molar-refractivity contribution in [1.29, 1.82) is 0 Å². The molecule has 6 heteroatoms. The molecule has 0 saturated heterocycles. The first-order chi connectivity index (χ1) is 11.5. The van der Waals surface area contributed by atoms with Crippen LogP contribution >= 0.6 is 11.6 Å². The molecule has 130 valence electrons. The van der Waals surface area contributed by atoms with E-state index in [1.807, 2.05) is 0 Å². The van der Waals surface area contributed by atoms with E-state index >= 15 is 0 Å². The number of fused-ring (bicyclic) bond motifs is 1. The molecule has 1 aromatic carbocycles. The van der Waals surface area contributed by atoms with Gasteiger partial charge in [-0.1, -0.05) is 24.9 Å². The zero-order valence-electron chi connectivity index (χ0n) is 14.1. The number of hydrogen-bond donors (Lipinski definition) is 0. The van der Waals surface area contributed by atoms with Crippen LogP contribution in [0.15, 0.2) is 27.4 Å². The van der Waals surface area contributed by atoms with Gasteiger partial charge in [0.25, 0.3) is 0 Å². The van der Waals surface area contributed by atoms with Crippen molar-refractivity contribution in [3.8, 4) is 5.75 Å². The molecule has 2 aromatic rings. The highest BCUT2D eigenvalue weighted by Crippen LogP contribution is 2.32. The second-order valence-electron chi connectivity index (χ2n) is 5.49. The van der Waals surface area contributed by atoms with Gasteiger partial charge in [0.1, 0.15) is 11.3 Å². The van der Waals surface area contributed by atoms with Gasteiger partial charge in [-0.25, -0.2) is 9.59 Å². The molecule has 0 unspecified atom stereocenters. The van der Waals surface area contributed by atoms with E-state index < -0.39 is 17.7 Å². The molecule has 0 aliphatic rings. The average Bonchev–Trinajstić information content (AvgIpc) is 2.54. The third-order valence-electron chi connectivity index (χ3n) is 3.60. The van der Waals surface area contributed by atoms with E-state index in [4.69, 9.17) is 25.5 Å². The molecule has 0 bridgehead atoms. The van der Waals surface area contributed by atoms with Gasteiger partial charge in [0.2, 0.25) is 0 Å². The number of unbranched alkanes of at least 4 members (excludes halogenated alkanes) is 1. The monoisotopic (exact) mass is 352 g/mol. The Kier molecular flexibility index (Phi) is 6.26. The normalized spacial score (nSPS) is 12.2. The summed E-state index contributed by atoms with van der Waals surface area (Å²) in [5.74, 6) is -0.202. The van der Waals surface area contributed by atoms with Crippen molar-refractivity contribution in [3.05, 3.63) is 39.2 Å². The largest absolute Gasteiger partial charge is 0.477 e. The minimum absolute atomic E-state index is 0.271. The maximum absolute atomic E-state index is 11.8. The Labute approximate surface area is 145 Å². The zero-order chi connectivity index (χ0) is 17.7. The molecule has 24 heavy (non-hydrogen) atoms. The van der Waals surface area contributed by atoms with E-state index in [0.717, 1.165) is 30.2 Å². The van der Waals surface area contributed by atoms with E-state index in [1.165, 1.54) is 6.07 Å². The number of esters is 1. The van der Waals surface area contributed by atoms with Crippen molar-refractivity contribution in [3.63, 3.8) is 0 Å². The fourth-order valence-corrected chi connectivity index (χ4v) is 2.60. The van der Waals surface area contributed by atoms with Gasteiger partial charge in [-0.15, -0.1) is 0 Å². The third-order valence-corrected chi connectivity index (χ3v) is 3.90. The smallest absolute Gasteiger partial charge is 0.347 e. The molecule has 0 amide bonds. The molecule has 1 heterocycles. The van der Waals surface area contributed by atoms with Crippen LogP contribution in [-0.2, 0) is 16.0 Å². The molecule has 0 fully saturated rings. The molecular formula is C18H21ClO5. The van der Waals surface area contributed by atoms with Crippen LogP contribution in [0.1, 0.15) is 39.2 Å². The maximum Gasteiger partial charge on any atom is 0.347 e. The van der Waals surface area contributed by atoms with Crippen molar-refractivity contribution in [2.75, 3.05) is 6.61 Å². The lowest BCUT2D eigenvalue weighted by atomic mass is 10.0. The van der Waals surface area contributed by atoms with Gasteiger partial charge in [0.05, 0.1) is 11.6 Å². The topological polar surface area (TPSA) is 65.7 Å². The number of carbonyl (C=O) groups is 1. The minimum Gasteiger partial charge on any atom is -0.477 e. The van der Waals surface area contributed by atoms with Gasteiger partial charge >= 0.3 is 11.6 Å². The van der Waals surface area contributed by atoms with Crippen LogP contribution in [0, 0.1) is 0 Å². The molecule has 0 N–H and O–H groups in total. The number of aryl methyl sites for hydroxylation is 1. The van der Waals surface area contributed by atoms with Gasteiger partial charge in [-0.05, 0) is 38.3 Å². The summed E-state index contributed by atoms with van der Waals surface area (Å²) in [6.07, 6.45) is 1.95. The number of ether oxygens (including phenoxy) is 2. The summed E-state index contributed by atoms with van der Waals surface area (Å²) in [4.78, 5) is 23.4. The van der Waals surface area contributed by atoms with Crippen LogP contribution in [-0.4, -0.2) is 18.7 Å². The predicted octanol–water partition coefficient (Wildman–Crippen LogP) is 4.12. The lowest BCUT2D eigenvalue weighted by Crippen LogP contribution is -2.26. The third kappa shape index (κ3) is 4.29. The zero-order valence-corrected chi connectivity index (χ0v) is 14.8. The van der Waals surface area contributed by atoms with Gasteiger partial charge in [0.15, 0.2) is 6.10 Å². The van der Waals surface area contributed by atoms with Crippen LogP contribution in [0.3, 0.4) is 0 Å². The molecule has 0 aliphatic carbocycles. The van der Waals surface area contributed by atoms with Crippen LogP contribution in [0.25, 0.3) is 11.0 Å². The van der Waals surface area contributed by atoms with Crippen molar-refractivity contribution in [1.82, 2.24) is 0 Å². The summed E-state index contributed by atoms with van der Waals surface area (Å²) < 4.78 is 15.7.